The van der Waals surface area contributed by atoms with E-state index in [9.17, 15) is 19.8 Å². The topological polar surface area (TPSA) is 112 Å². The minimum absolute atomic E-state index is 0.0511. The van der Waals surface area contributed by atoms with Gasteiger partial charge in [0.25, 0.3) is 0 Å². The first kappa shape index (κ1) is 19.4. The number of carbonyl (C=O) groups excluding carboxylic acids is 2. The Labute approximate surface area is 157 Å². The van der Waals surface area contributed by atoms with E-state index in [-0.39, 0.29) is 24.2 Å². The van der Waals surface area contributed by atoms with Crippen molar-refractivity contribution in [2.24, 2.45) is 0 Å². The summed E-state index contributed by atoms with van der Waals surface area (Å²) < 4.78 is 23.0. The third-order valence-corrected chi connectivity index (χ3v) is 5.02. The lowest BCUT2D eigenvalue weighted by atomic mass is 9.84. The van der Waals surface area contributed by atoms with Crippen LogP contribution in [0.1, 0.15) is 56.4 Å². The zero-order valence-corrected chi connectivity index (χ0v) is 15.8. The van der Waals surface area contributed by atoms with Crippen LogP contribution in [-0.2, 0) is 35.1 Å². The molecule has 0 saturated carbocycles. The van der Waals surface area contributed by atoms with Crippen LogP contribution < -0.4 is 0 Å². The Kier molecular flexibility index (Phi) is 5.05. The van der Waals surface area contributed by atoms with E-state index in [0.29, 0.717) is 29.5 Å². The molecule has 0 amide bonds. The molecule has 3 rings (SSSR count). The number of aromatic hydroxyl groups is 2. The van der Waals surface area contributed by atoms with Gasteiger partial charge in [-0.3, -0.25) is 9.59 Å². The van der Waals surface area contributed by atoms with Crippen LogP contribution in [-0.4, -0.2) is 40.1 Å². The SMILES string of the molecule is CC(=O)OC1CCC(C)OC12OCc1c(cc(O)c(C)c1O)C2OC(C)=O. The molecule has 27 heavy (non-hydrogen) atoms. The van der Waals surface area contributed by atoms with Gasteiger partial charge in [-0.05, 0) is 32.8 Å². The van der Waals surface area contributed by atoms with Gasteiger partial charge in [0.2, 0.25) is 5.79 Å². The fourth-order valence-electron chi connectivity index (χ4n) is 3.74. The lowest BCUT2D eigenvalue weighted by Crippen LogP contribution is -2.60. The van der Waals surface area contributed by atoms with Crippen LogP contribution >= 0.6 is 0 Å². The van der Waals surface area contributed by atoms with Crippen molar-refractivity contribution in [3.05, 3.63) is 22.8 Å². The fraction of sp³-hybridized carbons (Fsp3) is 0.579. The summed E-state index contributed by atoms with van der Waals surface area (Å²) in [4.78, 5) is 23.5. The number of hydrogen-bond acceptors (Lipinski definition) is 8. The maximum absolute atomic E-state index is 11.8. The Hall–Kier alpha value is -2.32. The molecule has 4 unspecified atom stereocenters. The molecule has 148 valence electrons. The summed E-state index contributed by atoms with van der Waals surface area (Å²) in [6, 6.07) is 1.43. The summed E-state index contributed by atoms with van der Waals surface area (Å²) in [6.45, 7) is 5.88. The molecule has 2 aliphatic heterocycles. The largest absolute Gasteiger partial charge is 0.508 e. The molecule has 0 bridgehead atoms. The predicted molar refractivity (Wildman–Crippen MR) is 91.9 cm³/mol. The second-order valence-electron chi connectivity index (χ2n) is 7.04. The standard InChI is InChI=1S/C19H24O8/c1-9-5-6-16(25-11(3)20)19(27-9)18(26-12(4)21)13-7-15(22)10(2)17(23)14(13)8-24-19/h7,9,16,18,22-23H,5-6,8H2,1-4H3. The zero-order chi connectivity index (χ0) is 19.9. The molecule has 2 heterocycles. The van der Waals surface area contributed by atoms with Gasteiger partial charge in [0.05, 0.1) is 12.7 Å². The van der Waals surface area contributed by atoms with Crippen LogP contribution in [0.25, 0.3) is 0 Å². The maximum atomic E-state index is 11.8. The van der Waals surface area contributed by atoms with Crippen molar-refractivity contribution in [3.63, 3.8) is 0 Å². The Morgan fingerprint density at radius 3 is 2.48 bits per heavy atom. The number of fused-ring (bicyclic) bond motifs is 1. The molecule has 2 aliphatic rings. The third kappa shape index (κ3) is 3.35. The molecule has 0 aliphatic carbocycles. The van der Waals surface area contributed by atoms with Crippen molar-refractivity contribution in [1.29, 1.82) is 0 Å². The van der Waals surface area contributed by atoms with Crippen LogP contribution in [0.4, 0.5) is 0 Å². The fourth-order valence-corrected chi connectivity index (χ4v) is 3.74. The summed E-state index contributed by atoms with van der Waals surface area (Å²) in [5.41, 5.74) is 1.05. The van der Waals surface area contributed by atoms with E-state index in [2.05, 4.69) is 0 Å². The van der Waals surface area contributed by atoms with E-state index in [0.717, 1.165) is 0 Å². The van der Waals surface area contributed by atoms with E-state index in [1.54, 1.807) is 6.92 Å². The van der Waals surface area contributed by atoms with Gasteiger partial charge in [-0.15, -0.1) is 0 Å². The lowest BCUT2D eigenvalue weighted by molar-refractivity contribution is -0.366. The summed E-state index contributed by atoms with van der Waals surface area (Å²) >= 11 is 0. The number of hydrogen-bond donors (Lipinski definition) is 2. The van der Waals surface area contributed by atoms with Crippen molar-refractivity contribution in [2.45, 2.75) is 71.2 Å². The number of phenols is 2. The zero-order valence-electron chi connectivity index (χ0n) is 15.8. The van der Waals surface area contributed by atoms with Crippen molar-refractivity contribution < 1.29 is 38.7 Å². The lowest BCUT2D eigenvalue weighted by Gasteiger charge is -2.50. The summed E-state index contributed by atoms with van der Waals surface area (Å²) in [5, 5.41) is 20.6. The molecule has 8 heteroatoms. The van der Waals surface area contributed by atoms with E-state index < -0.39 is 29.9 Å². The average molecular weight is 380 g/mol. The second kappa shape index (κ2) is 7.01. The molecule has 1 spiro atoms. The number of ether oxygens (including phenoxy) is 4. The van der Waals surface area contributed by atoms with Crippen LogP contribution in [0.15, 0.2) is 6.07 Å². The first-order valence-electron chi connectivity index (χ1n) is 8.86. The molecule has 4 atom stereocenters. The van der Waals surface area contributed by atoms with Gasteiger partial charge in [-0.1, -0.05) is 0 Å². The predicted octanol–water partition coefficient (Wildman–Crippen LogP) is 2.37. The molecule has 0 radical (unpaired) electrons. The highest BCUT2D eigenvalue weighted by Gasteiger charge is 2.58. The van der Waals surface area contributed by atoms with Crippen LogP contribution in [0.2, 0.25) is 0 Å². The molecular formula is C19H24O8. The van der Waals surface area contributed by atoms with Crippen molar-refractivity contribution in [1.82, 2.24) is 0 Å². The highest BCUT2D eigenvalue weighted by Crippen LogP contribution is 2.51. The molecular weight excluding hydrogens is 356 g/mol. The van der Waals surface area contributed by atoms with Crippen molar-refractivity contribution >= 4 is 11.9 Å². The van der Waals surface area contributed by atoms with Crippen LogP contribution in [0, 0.1) is 6.92 Å². The quantitative estimate of drug-likeness (QED) is 0.752. The molecule has 1 saturated heterocycles. The van der Waals surface area contributed by atoms with Crippen LogP contribution in [0.3, 0.4) is 0 Å². The molecule has 1 fully saturated rings. The van der Waals surface area contributed by atoms with Gasteiger partial charge in [0, 0.05) is 30.5 Å². The van der Waals surface area contributed by atoms with Gasteiger partial charge < -0.3 is 29.2 Å². The maximum Gasteiger partial charge on any atom is 0.303 e. The van der Waals surface area contributed by atoms with E-state index in [4.69, 9.17) is 18.9 Å². The van der Waals surface area contributed by atoms with Gasteiger partial charge in [0.1, 0.15) is 11.5 Å². The Morgan fingerprint density at radius 1 is 1.19 bits per heavy atom. The average Bonchev–Trinajstić information content (AvgIpc) is 2.57. The van der Waals surface area contributed by atoms with E-state index in [1.165, 1.54) is 19.9 Å². The minimum atomic E-state index is -1.56. The van der Waals surface area contributed by atoms with E-state index in [1.807, 2.05) is 6.92 Å². The highest BCUT2D eigenvalue weighted by atomic mass is 16.7. The molecule has 1 aromatic carbocycles. The Balaban J connectivity index is 2.16. The molecule has 1 aromatic rings. The summed E-state index contributed by atoms with van der Waals surface area (Å²) in [7, 11) is 0. The summed E-state index contributed by atoms with van der Waals surface area (Å²) in [5.74, 6) is -2.95. The molecule has 2 N–H and O–H groups in total. The number of carbonyl (C=O) groups is 2. The second-order valence-corrected chi connectivity index (χ2v) is 7.04. The smallest absolute Gasteiger partial charge is 0.303 e. The first-order valence-corrected chi connectivity index (χ1v) is 8.86. The number of phenolic OH excluding ortho intramolecular Hbond substituents is 2. The molecule has 8 nitrogen and oxygen atoms in total. The monoisotopic (exact) mass is 380 g/mol. The minimum Gasteiger partial charge on any atom is -0.508 e. The van der Waals surface area contributed by atoms with Gasteiger partial charge >= 0.3 is 11.9 Å². The number of benzene rings is 1. The number of esters is 2. The Morgan fingerprint density at radius 2 is 1.85 bits per heavy atom. The van der Waals surface area contributed by atoms with Gasteiger partial charge in [0.15, 0.2) is 12.2 Å². The van der Waals surface area contributed by atoms with Crippen molar-refractivity contribution in [2.75, 3.05) is 0 Å². The van der Waals surface area contributed by atoms with Gasteiger partial charge in [-0.25, -0.2) is 0 Å². The van der Waals surface area contributed by atoms with Crippen molar-refractivity contribution in [3.8, 4) is 11.5 Å². The summed E-state index contributed by atoms with van der Waals surface area (Å²) in [6.07, 6.45) is -1.08. The molecule has 0 aromatic heterocycles. The first-order chi connectivity index (χ1) is 12.7. The number of rotatable bonds is 2. The normalized spacial score (nSPS) is 29.9. The Bertz CT molecular complexity index is 773. The third-order valence-electron chi connectivity index (χ3n) is 5.02. The van der Waals surface area contributed by atoms with Crippen LogP contribution in [0.5, 0.6) is 11.5 Å². The van der Waals surface area contributed by atoms with E-state index >= 15 is 0 Å². The van der Waals surface area contributed by atoms with Gasteiger partial charge in [-0.2, -0.15) is 0 Å². The highest BCUT2D eigenvalue weighted by molar-refractivity contribution is 5.68.